The number of aliphatic hydroxyl groups is 1. The molecule has 3 aromatic carbocycles. The number of hydrogen-bond donors (Lipinski definition) is 1. The van der Waals surface area contributed by atoms with Crippen LogP contribution in [0.4, 0.5) is 0 Å². The molecule has 36 heavy (non-hydrogen) atoms. The van der Waals surface area contributed by atoms with Gasteiger partial charge in [0.05, 0.1) is 16.8 Å². The summed E-state index contributed by atoms with van der Waals surface area (Å²) in [7, 11) is 0. The maximum absolute atomic E-state index is 11.2. The predicted octanol–water partition coefficient (Wildman–Crippen LogP) is 8.06. The van der Waals surface area contributed by atoms with Crippen LogP contribution in [0, 0.1) is 0 Å². The fourth-order valence-electron chi connectivity index (χ4n) is 5.03. The second kappa shape index (κ2) is 13.5. The minimum Gasteiger partial charge on any atom is -0.393 e. The van der Waals surface area contributed by atoms with E-state index in [2.05, 4.69) is 91.9 Å². The molecule has 0 radical (unpaired) electrons. The van der Waals surface area contributed by atoms with E-state index in [9.17, 15) is 5.11 Å². The summed E-state index contributed by atoms with van der Waals surface area (Å²) in [5, 5.41) is 11.2. The van der Waals surface area contributed by atoms with Crippen molar-refractivity contribution in [3.05, 3.63) is 120 Å². The van der Waals surface area contributed by atoms with Crippen LogP contribution in [0.3, 0.4) is 0 Å². The van der Waals surface area contributed by atoms with Crippen molar-refractivity contribution in [3.63, 3.8) is 0 Å². The molecule has 1 atom stereocenters. The van der Waals surface area contributed by atoms with Gasteiger partial charge < -0.3 is 9.84 Å². The molecule has 0 aliphatic carbocycles. The molecular formula is C32H38O2S2. The molecule has 4 rings (SSSR count). The second-order valence-electron chi connectivity index (χ2n) is 9.34. The maximum Gasteiger partial charge on any atom is 0.143 e. The van der Waals surface area contributed by atoms with Gasteiger partial charge in [-0.05, 0) is 67.2 Å². The van der Waals surface area contributed by atoms with E-state index in [4.69, 9.17) is 4.74 Å². The molecule has 0 saturated carbocycles. The van der Waals surface area contributed by atoms with Crippen LogP contribution in [0.1, 0.15) is 55.7 Å². The van der Waals surface area contributed by atoms with E-state index in [0.717, 1.165) is 36.0 Å². The lowest BCUT2D eigenvalue weighted by Crippen LogP contribution is -2.35. The summed E-state index contributed by atoms with van der Waals surface area (Å²) in [6.45, 7) is 2.55. The first-order valence-corrected chi connectivity index (χ1v) is 15.0. The molecule has 1 aliphatic heterocycles. The summed E-state index contributed by atoms with van der Waals surface area (Å²) in [5.74, 6) is 2.37. The van der Waals surface area contributed by atoms with Crippen molar-refractivity contribution in [2.24, 2.45) is 0 Å². The van der Waals surface area contributed by atoms with Gasteiger partial charge in [0.25, 0.3) is 0 Å². The van der Waals surface area contributed by atoms with Gasteiger partial charge in [-0.1, -0.05) is 103 Å². The Morgan fingerprint density at radius 1 is 0.861 bits per heavy atom. The summed E-state index contributed by atoms with van der Waals surface area (Å²) in [5.41, 5.74) is 2.55. The monoisotopic (exact) mass is 518 g/mol. The highest BCUT2D eigenvalue weighted by molar-refractivity contribution is 8.18. The second-order valence-corrected chi connectivity index (χ2v) is 12.6. The highest BCUT2D eigenvalue weighted by Crippen LogP contribution is 2.49. The Labute approximate surface area is 225 Å². The number of rotatable bonds is 12. The standard InChI is InChI=1S/C32H38O2S2/c1-2-3-13-22-31(35-24-14-25-36-31)26-30(33)21-23-34-32(27-15-7-4-8-16-27,28-17-9-5-10-18-28)29-19-11-6-12-20-29/h2-12,15-20,30,33H,13-14,21-26H2,1H3/b3-2+/t30-/m0/s1. The summed E-state index contributed by atoms with van der Waals surface area (Å²) in [4.78, 5) is 0. The number of ether oxygens (including phenoxy) is 1. The van der Waals surface area contributed by atoms with Crippen LogP contribution in [-0.2, 0) is 10.3 Å². The van der Waals surface area contributed by atoms with Gasteiger partial charge in [0.2, 0.25) is 0 Å². The molecule has 1 saturated heterocycles. The van der Waals surface area contributed by atoms with Crippen molar-refractivity contribution in [1.82, 2.24) is 0 Å². The Bertz CT molecular complexity index is 951. The van der Waals surface area contributed by atoms with E-state index in [1.54, 1.807) is 0 Å². The van der Waals surface area contributed by atoms with Gasteiger partial charge in [-0.2, -0.15) is 0 Å². The fourth-order valence-corrected chi connectivity index (χ4v) is 8.51. The molecule has 0 spiro atoms. The van der Waals surface area contributed by atoms with E-state index in [-0.39, 0.29) is 4.08 Å². The molecule has 1 fully saturated rings. The average molecular weight is 519 g/mol. The minimum atomic E-state index is -0.735. The molecular weight excluding hydrogens is 480 g/mol. The van der Waals surface area contributed by atoms with Gasteiger partial charge in [0.15, 0.2) is 0 Å². The molecule has 1 aliphatic rings. The third kappa shape index (κ3) is 6.66. The van der Waals surface area contributed by atoms with Crippen molar-refractivity contribution in [2.45, 2.75) is 54.8 Å². The number of aliphatic hydroxyl groups excluding tert-OH is 1. The number of hydrogen-bond acceptors (Lipinski definition) is 4. The zero-order chi connectivity index (χ0) is 25.1. The van der Waals surface area contributed by atoms with E-state index in [0.29, 0.717) is 13.0 Å². The van der Waals surface area contributed by atoms with Crippen LogP contribution < -0.4 is 0 Å². The average Bonchev–Trinajstić information content (AvgIpc) is 2.93. The predicted molar refractivity (Wildman–Crippen MR) is 157 cm³/mol. The molecule has 1 N–H and O–H groups in total. The molecule has 0 aromatic heterocycles. The summed E-state index contributed by atoms with van der Waals surface area (Å²) in [6.07, 6.45) is 8.83. The van der Waals surface area contributed by atoms with Crippen LogP contribution in [0.15, 0.2) is 103 Å². The molecule has 190 valence electrons. The van der Waals surface area contributed by atoms with E-state index >= 15 is 0 Å². The maximum atomic E-state index is 11.2. The van der Waals surface area contributed by atoms with E-state index < -0.39 is 11.7 Å². The first-order chi connectivity index (χ1) is 17.7. The summed E-state index contributed by atoms with van der Waals surface area (Å²) in [6, 6.07) is 31.4. The summed E-state index contributed by atoms with van der Waals surface area (Å²) < 4.78 is 7.00. The van der Waals surface area contributed by atoms with Crippen LogP contribution in [-0.4, -0.2) is 33.4 Å². The first-order valence-electron chi connectivity index (χ1n) is 13.1. The lowest BCUT2D eigenvalue weighted by molar-refractivity contribution is -0.00670. The Morgan fingerprint density at radius 3 is 1.83 bits per heavy atom. The van der Waals surface area contributed by atoms with Gasteiger partial charge in [0.1, 0.15) is 5.60 Å². The number of allylic oxidation sites excluding steroid dienone is 2. The molecule has 2 nitrogen and oxygen atoms in total. The molecule has 4 heteroatoms. The first kappa shape index (κ1) is 27.1. The number of thioether (sulfide) groups is 2. The van der Waals surface area contributed by atoms with Crippen molar-refractivity contribution in [3.8, 4) is 0 Å². The topological polar surface area (TPSA) is 29.5 Å². The van der Waals surface area contributed by atoms with Crippen molar-refractivity contribution >= 4 is 23.5 Å². The Kier molecular flexibility index (Phi) is 10.2. The SMILES string of the molecule is C/C=C/CCC1(C[C@@H](O)CCOC(c2ccccc2)(c2ccccc2)c2ccccc2)SCCCS1. The van der Waals surface area contributed by atoms with Crippen LogP contribution in [0.2, 0.25) is 0 Å². The van der Waals surface area contributed by atoms with Crippen molar-refractivity contribution in [1.29, 1.82) is 0 Å². The molecule has 3 aromatic rings. The van der Waals surface area contributed by atoms with Gasteiger partial charge >= 0.3 is 0 Å². The van der Waals surface area contributed by atoms with Crippen LogP contribution >= 0.6 is 23.5 Å². The molecule has 1 heterocycles. The van der Waals surface area contributed by atoms with Crippen molar-refractivity contribution < 1.29 is 9.84 Å². The van der Waals surface area contributed by atoms with Crippen molar-refractivity contribution in [2.75, 3.05) is 18.1 Å². The number of benzene rings is 3. The smallest absolute Gasteiger partial charge is 0.143 e. The summed E-state index contributed by atoms with van der Waals surface area (Å²) >= 11 is 4.09. The Hall–Kier alpha value is -1.98. The minimum absolute atomic E-state index is 0.104. The van der Waals surface area contributed by atoms with Gasteiger partial charge in [-0.25, -0.2) is 0 Å². The highest BCUT2D eigenvalue weighted by Gasteiger charge is 2.38. The van der Waals surface area contributed by atoms with E-state index in [1.165, 1.54) is 17.9 Å². The van der Waals surface area contributed by atoms with Gasteiger partial charge in [-0.3, -0.25) is 0 Å². The van der Waals surface area contributed by atoms with Crippen LogP contribution in [0.25, 0.3) is 0 Å². The van der Waals surface area contributed by atoms with Crippen LogP contribution in [0.5, 0.6) is 0 Å². The normalized spacial score (nSPS) is 16.7. The molecule has 0 amide bonds. The molecule has 0 unspecified atom stereocenters. The molecule has 0 bridgehead atoms. The van der Waals surface area contributed by atoms with E-state index in [1.807, 2.05) is 41.7 Å². The lowest BCUT2D eigenvalue weighted by atomic mass is 9.80. The van der Waals surface area contributed by atoms with Gasteiger partial charge in [0, 0.05) is 0 Å². The fraction of sp³-hybridized carbons (Fsp3) is 0.375. The Morgan fingerprint density at radius 2 is 1.36 bits per heavy atom. The zero-order valence-corrected chi connectivity index (χ0v) is 22.9. The van der Waals surface area contributed by atoms with Gasteiger partial charge in [-0.15, -0.1) is 23.5 Å². The third-order valence-corrected chi connectivity index (χ3v) is 10.3. The Balaban J connectivity index is 1.55. The largest absolute Gasteiger partial charge is 0.393 e. The highest BCUT2D eigenvalue weighted by atomic mass is 32.2. The quantitative estimate of drug-likeness (QED) is 0.194. The zero-order valence-electron chi connectivity index (χ0n) is 21.2. The lowest BCUT2D eigenvalue weighted by Gasteiger charge is -2.38. The third-order valence-electron chi connectivity index (χ3n) is 6.80.